The van der Waals surface area contributed by atoms with Gasteiger partial charge in [0.2, 0.25) is 32.0 Å². The summed E-state index contributed by atoms with van der Waals surface area (Å²) in [5.74, 6) is -4.76. The molecule has 0 unspecified atom stereocenters. The number of imide groups is 1. The van der Waals surface area contributed by atoms with Crippen molar-refractivity contribution in [1.29, 1.82) is 0 Å². The molecule has 2 aromatic heterocycles. The molecule has 0 saturated carbocycles. The zero-order chi connectivity index (χ0) is 54.5. The molecular formula is C45H49BrF4N10O8S4. The first-order chi connectivity index (χ1) is 33.0. The molecule has 0 spiro atoms. The second-order valence-corrected chi connectivity index (χ2v) is 25.3. The average Bonchev–Trinajstić information content (AvgIpc) is 3.91. The van der Waals surface area contributed by atoms with E-state index in [9.17, 15) is 44.0 Å². The highest BCUT2D eigenvalue weighted by molar-refractivity contribution is 9.11. The third-order valence-electron chi connectivity index (χ3n) is 9.61. The van der Waals surface area contributed by atoms with Crippen molar-refractivity contribution in [2.45, 2.75) is 84.6 Å². The number of rotatable bonds is 5. The molecule has 2 aromatic carbocycles. The van der Waals surface area contributed by atoms with Gasteiger partial charge in [-0.2, -0.15) is 0 Å². The van der Waals surface area contributed by atoms with Crippen molar-refractivity contribution in [3.8, 4) is 0 Å². The van der Waals surface area contributed by atoms with Crippen molar-refractivity contribution in [2.75, 3.05) is 25.6 Å². The van der Waals surface area contributed by atoms with Crippen LogP contribution in [-0.2, 0) is 40.6 Å². The number of halogens is 5. The minimum atomic E-state index is -4.23. The summed E-state index contributed by atoms with van der Waals surface area (Å²) in [5.41, 5.74) is 0.726. The highest BCUT2D eigenvalue weighted by atomic mass is 79.9. The molecule has 0 saturated heterocycles. The van der Waals surface area contributed by atoms with Gasteiger partial charge in [0.1, 0.15) is 42.8 Å². The van der Waals surface area contributed by atoms with Crippen molar-refractivity contribution in [2.24, 2.45) is 15.7 Å². The summed E-state index contributed by atoms with van der Waals surface area (Å²) < 4.78 is 121. The molecule has 18 nitrogen and oxygen atoms in total. The van der Waals surface area contributed by atoms with Crippen molar-refractivity contribution in [1.82, 2.24) is 23.5 Å². The number of ether oxygens (including phenoxy) is 2. The van der Waals surface area contributed by atoms with Gasteiger partial charge in [-0.3, -0.25) is 9.97 Å². The number of carbonyl (C=O) groups is 2. The van der Waals surface area contributed by atoms with Crippen LogP contribution in [-0.4, -0.2) is 101 Å². The summed E-state index contributed by atoms with van der Waals surface area (Å²) in [6.45, 7) is 26.8. The third-order valence-corrected chi connectivity index (χ3v) is 15.8. The molecule has 2 amide bonds. The van der Waals surface area contributed by atoms with E-state index in [1.165, 1.54) is 69.6 Å². The molecular weight excluding hydrogens is 1090 g/mol. The first-order valence-corrected chi connectivity index (χ1v) is 26.5. The summed E-state index contributed by atoms with van der Waals surface area (Å²) >= 11 is 5.37. The first-order valence-electron chi connectivity index (χ1n) is 20.8. The van der Waals surface area contributed by atoms with E-state index >= 15 is 0 Å². The number of thiazole rings is 2. The van der Waals surface area contributed by atoms with Gasteiger partial charge in [-0.15, -0.1) is 27.6 Å². The Kier molecular flexibility index (Phi) is 18.0. The lowest BCUT2D eigenvalue weighted by Gasteiger charge is -2.39. The smallest absolute Gasteiger partial charge is 0.427 e. The largest absolute Gasteiger partial charge is 0.443 e. The number of guanidine groups is 2. The quantitative estimate of drug-likeness (QED) is 0.146. The summed E-state index contributed by atoms with van der Waals surface area (Å²) in [6, 6.07) is 7.45. The van der Waals surface area contributed by atoms with Crippen LogP contribution in [0.4, 0.5) is 37.2 Å². The van der Waals surface area contributed by atoms with Crippen LogP contribution in [0.2, 0.25) is 0 Å². The fraction of sp³-hybridized carbons (Fsp3) is 0.378. The van der Waals surface area contributed by atoms with E-state index in [1.807, 2.05) is 0 Å². The Morgan fingerprint density at radius 1 is 0.792 bits per heavy atom. The van der Waals surface area contributed by atoms with Crippen LogP contribution in [0, 0.1) is 24.8 Å². The Labute approximate surface area is 431 Å². The second kappa shape index (κ2) is 22.2. The molecule has 72 heavy (non-hydrogen) atoms. The maximum absolute atomic E-state index is 15.0. The fourth-order valence-corrected chi connectivity index (χ4v) is 11.0. The molecule has 4 heterocycles. The molecule has 2 N–H and O–H groups in total. The summed E-state index contributed by atoms with van der Waals surface area (Å²) in [4.78, 5) is 49.1. The van der Waals surface area contributed by atoms with Gasteiger partial charge in [0, 0.05) is 37.6 Å². The van der Waals surface area contributed by atoms with Crippen LogP contribution in [0.5, 0.6) is 0 Å². The predicted molar refractivity (Wildman–Crippen MR) is 272 cm³/mol. The fourth-order valence-electron chi connectivity index (χ4n) is 6.42. The van der Waals surface area contributed by atoms with Crippen molar-refractivity contribution in [3.63, 3.8) is 0 Å². The minimum Gasteiger partial charge on any atom is -0.443 e. The number of aliphatic imine (C=N–C) groups is 2. The Hall–Kier alpha value is -6.26. The standard InChI is InChI=1S/C24H33F2N3O6S.C17H15F2N5O2S2.C4HBrN2S/c1-15(25)12-16-10-11-18(26)17(13-16)24(8)14-36(32,33)28(9)19(27-24)29(20(30)34-22(2,3)4)21(31)35-23(5,6)7;1-17(9-28(25,26)24(3)16(20)23-17)11-6-10(4-5-12(11)18)7-13(19)15-22-8-14(21-2)27-15;1-6-3-2-7-4(5)8-3/h10-13H,14H2,1-9H3;4-8H,9H2,1,3H3,(H2,20,23);2H/b15-12-;13-7-;/t24-;17-;/m00./s1. The molecule has 0 bridgehead atoms. The summed E-state index contributed by atoms with van der Waals surface area (Å²) in [6.07, 6.45) is 2.63. The lowest BCUT2D eigenvalue weighted by atomic mass is 9.92. The summed E-state index contributed by atoms with van der Waals surface area (Å²) in [7, 11) is -5.63. The Bertz CT molecular complexity index is 3160. The molecule has 0 aliphatic carbocycles. The average molecular weight is 1140 g/mol. The molecule has 2 aliphatic heterocycles. The van der Waals surface area contributed by atoms with Crippen molar-refractivity contribution < 1.29 is 53.5 Å². The number of hydrogen-bond donors (Lipinski definition) is 1. The van der Waals surface area contributed by atoms with Crippen LogP contribution in [0.15, 0.2) is 68.5 Å². The molecule has 27 heteroatoms. The highest BCUT2D eigenvalue weighted by Gasteiger charge is 2.48. The van der Waals surface area contributed by atoms with Crippen molar-refractivity contribution in [3.05, 3.63) is 120 Å². The SMILES string of the molecule is C/C(F)=C/c1ccc(F)c([C@]2(C)CS(=O)(=O)N(C)C(N(C(=O)OC(C)(C)C)C(=O)OC(C)(C)C)=N2)c1.[C-]#[N+]c1cnc(/C(F)=C/c2ccc(F)c([C@]3(C)CS(=O)(=O)N(C)C(N)=N3)c2)s1.[C-]#[N+]c1cnc(Br)s1. The number of sulfonamides is 2. The molecule has 2 aliphatic rings. The number of nitrogens with zero attached hydrogens (tertiary/aromatic N) is 9. The van der Waals surface area contributed by atoms with Gasteiger partial charge in [-0.1, -0.05) is 12.1 Å². The molecule has 6 rings (SSSR count). The topological polar surface area (TPSA) is 216 Å². The monoisotopic (exact) mass is 1140 g/mol. The van der Waals surface area contributed by atoms with Gasteiger partial charge < -0.3 is 15.2 Å². The van der Waals surface area contributed by atoms with Gasteiger partial charge in [0.05, 0.1) is 30.5 Å². The van der Waals surface area contributed by atoms with E-state index < -0.39 is 95.3 Å². The van der Waals surface area contributed by atoms with Crippen LogP contribution >= 0.6 is 38.6 Å². The molecule has 2 atom stereocenters. The van der Waals surface area contributed by atoms with E-state index in [4.69, 9.17) is 28.4 Å². The van der Waals surface area contributed by atoms with Gasteiger partial charge >= 0.3 is 12.2 Å². The third kappa shape index (κ3) is 14.9. The lowest BCUT2D eigenvalue weighted by molar-refractivity contribution is 0.0132. The van der Waals surface area contributed by atoms with Crippen LogP contribution in [0.3, 0.4) is 0 Å². The number of amides is 2. The maximum Gasteiger partial charge on any atom is 0.427 e. The van der Waals surface area contributed by atoms with Crippen LogP contribution < -0.4 is 5.73 Å². The van der Waals surface area contributed by atoms with Crippen LogP contribution in [0.1, 0.15) is 89.6 Å². The number of allylic oxidation sites excluding steroid dienone is 1. The van der Waals surface area contributed by atoms with Gasteiger partial charge in [-0.05, 0) is 126 Å². The molecule has 0 fully saturated rings. The maximum atomic E-state index is 15.0. The Balaban J connectivity index is 0.000000275. The summed E-state index contributed by atoms with van der Waals surface area (Å²) in [5, 5.41) is 0.885. The van der Waals surface area contributed by atoms with E-state index in [2.05, 4.69) is 45.6 Å². The van der Waals surface area contributed by atoms with Gasteiger partial charge in [0.25, 0.3) is 10.0 Å². The highest BCUT2D eigenvalue weighted by Crippen LogP contribution is 2.38. The van der Waals surface area contributed by atoms with Gasteiger partial charge in [-0.25, -0.2) is 72.3 Å². The van der Waals surface area contributed by atoms with E-state index in [0.29, 0.717) is 19.8 Å². The van der Waals surface area contributed by atoms with E-state index in [1.54, 1.807) is 47.7 Å². The number of carbonyl (C=O) groups excluding carboxylic acids is 2. The molecule has 386 valence electrons. The van der Waals surface area contributed by atoms with E-state index in [-0.39, 0.29) is 32.7 Å². The Morgan fingerprint density at radius 3 is 1.64 bits per heavy atom. The zero-order valence-electron chi connectivity index (χ0n) is 40.6. The number of benzene rings is 2. The van der Waals surface area contributed by atoms with Crippen molar-refractivity contribution >= 4 is 111 Å². The zero-order valence-corrected chi connectivity index (χ0v) is 45.4. The predicted octanol–water partition coefficient (Wildman–Crippen LogP) is 10.7. The number of nitrogens with two attached hydrogens (primary N) is 1. The number of hydrogen-bond acceptors (Lipinski definition) is 15. The number of aromatic nitrogens is 2. The molecule has 0 radical (unpaired) electrons. The normalized spacial score (nSPS) is 19.7. The Morgan fingerprint density at radius 2 is 1.24 bits per heavy atom. The first kappa shape index (κ1) is 58.3. The van der Waals surface area contributed by atoms with Gasteiger partial charge in [0.15, 0.2) is 5.83 Å². The van der Waals surface area contributed by atoms with Crippen LogP contribution in [0.25, 0.3) is 27.7 Å². The second-order valence-electron chi connectivity index (χ2n) is 18.1. The lowest BCUT2D eigenvalue weighted by Crippen LogP contribution is -2.58. The molecule has 4 aromatic rings. The van der Waals surface area contributed by atoms with E-state index in [0.717, 1.165) is 50.9 Å². The minimum absolute atomic E-state index is 0.0188.